The summed E-state index contributed by atoms with van der Waals surface area (Å²) in [5, 5.41) is 14.7. The molecule has 0 fully saturated rings. The summed E-state index contributed by atoms with van der Waals surface area (Å²) < 4.78 is 7.50. The fourth-order valence-corrected chi connectivity index (χ4v) is 2.76. The monoisotopic (exact) mass is 331 g/mol. The van der Waals surface area contributed by atoms with Crippen molar-refractivity contribution in [1.82, 2.24) is 14.7 Å². The van der Waals surface area contributed by atoms with E-state index in [1.54, 1.807) is 0 Å². The number of aryl methyl sites for hydroxylation is 2. The third kappa shape index (κ3) is 5.35. The van der Waals surface area contributed by atoms with Gasteiger partial charge >= 0.3 is 0 Å². The summed E-state index contributed by atoms with van der Waals surface area (Å²) in [6, 6.07) is 7.86. The van der Waals surface area contributed by atoms with E-state index in [1.807, 2.05) is 50.0 Å². The number of aliphatic hydroxyl groups excluding tert-OH is 1. The molecule has 2 aromatic rings. The van der Waals surface area contributed by atoms with Gasteiger partial charge in [-0.05, 0) is 32.0 Å². The third-order valence-corrected chi connectivity index (χ3v) is 3.91. The van der Waals surface area contributed by atoms with Crippen molar-refractivity contribution in [2.75, 3.05) is 20.2 Å². The van der Waals surface area contributed by atoms with Gasteiger partial charge in [-0.1, -0.05) is 31.5 Å². The largest absolute Gasteiger partial charge is 0.491 e. The van der Waals surface area contributed by atoms with E-state index in [9.17, 15) is 5.11 Å². The van der Waals surface area contributed by atoms with Gasteiger partial charge in [-0.25, -0.2) is 0 Å². The number of nitrogens with zero attached hydrogens (tertiary/aromatic N) is 3. The van der Waals surface area contributed by atoms with E-state index in [0.29, 0.717) is 12.5 Å². The number of benzene rings is 1. The zero-order valence-corrected chi connectivity index (χ0v) is 15.4. The molecule has 132 valence electrons. The van der Waals surface area contributed by atoms with E-state index in [0.717, 1.165) is 18.0 Å². The highest BCUT2D eigenvalue weighted by Gasteiger charge is 2.15. The fraction of sp³-hybridized carbons (Fsp3) is 0.526. The first-order valence-electron chi connectivity index (χ1n) is 8.43. The number of likely N-dealkylation sites (N-methyl/N-ethyl adjacent to an activating group) is 1. The van der Waals surface area contributed by atoms with E-state index in [-0.39, 0.29) is 6.61 Å². The lowest BCUT2D eigenvalue weighted by Gasteiger charge is -2.21. The van der Waals surface area contributed by atoms with Gasteiger partial charge in [0, 0.05) is 31.9 Å². The van der Waals surface area contributed by atoms with Crippen LogP contribution in [0.5, 0.6) is 5.75 Å². The number of hydrogen-bond donors (Lipinski definition) is 1. The van der Waals surface area contributed by atoms with Crippen LogP contribution in [0.25, 0.3) is 0 Å². The molecule has 0 saturated heterocycles. The molecule has 0 aliphatic rings. The second kappa shape index (κ2) is 8.31. The van der Waals surface area contributed by atoms with Crippen molar-refractivity contribution in [2.45, 2.75) is 39.3 Å². The predicted molar refractivity (Wildman–Crippen MR) is 96.3 cm³/mol. The van der Waals surface area contributed by atoms with Crippen LogP contribution in [-0.2, 0) is 13.6 Å². The number of ether oxygens (including phenoxy) is 1. The molecule has 0 radical (unpaired) electrons. The fourth-order valence-electron chi connectivity index (χ4n) is 2.76. The first-order valence-corrected chi connectivity index (χ1v) is 8.43. The van der Waals surface area contributed by atoms with Crippen LogP contribution in [-0.4, -0.2) is 46.1 Å². The maximum absolute atomic E-state index is 10.2. The first kappa shape index (κ1) is 18.5. The van der Waals surface area contributed by atoms with Crippen molar-refractivity contribution in [3.63, 3.8) is 0 Å². The normalized spacial score (nSPS) is 12.8. The lowest BCUT2D eigenvalue weighted by molar-refractivity contribution is 0.0743. The number of aliphatic hydroxyl groups is 1. The van der Waals surface area contributed by atoms with Crippen LogP contribution in [0.4, 0.5) is 0 Å². The molecular formula is C19H29N3O2. The molecule has 2 rings (SSSR count). The van der Waals surface area contributed by atoms with Crippen molar-refractivity contribution in [2.24, 2.45) is 7.05 Å². The maximum Gasteiger partial charge on any atom is 0.119 e. The minimum Gasteiger partial charge on any atom is -0.491 e. The molecule has 0 aliphatic carbocycles. The Morgan fingerprint density at radius 3 is 2.54 bits per heavy atom. The summed E-state index contributed by atoms with van der Waals surface area (Å²) in [6.45, 7) is 7.95. The molecule has 1 heterocycles. The summed E-state index contributed by atoms with van der Waals surface area (Å²) in [4.78, 5) is 2.10. The highest BCUT2D eigenvalue weighted by molar-refractivity contribution is 5.26. The molecule has 0 spiro atoms. The molecule has 1 atom stereocenters. The molecule has 1 aromatic heterocycles. The van der Waals surface area contributed by atoms with Crippen molar-refractivity contribution in [3.05, 3.63) is 47.3 Å². The topological polar surface area (TPSA) is 50.5 Å². The molecule has 0 saturated carbocycles. The Balaban J connectivity index is 1.83. The molecule has 5 heteroatoms. The number of aromatic nitrogens is 2. The van der Waals surface area contributed by atoms with Gasteiger partial charge in [-0.15, -0.1) is 0 Å². The highest BCUT2D eigenvalue weighted by atomic mass is 16.5. The lowest BCUT2D eigenvalue weighted by atomic mass is 10.1. The van der Waals surface area contributed by atoms with Crippen LogP contribution in [0.1, 0.15) is 36.6 Å². The Kier molecular flexibility index (Phi) is 6.40. The Hall–Kier alpha value is -1.85. The van der Waals surface area contributed by atoms with E-state index in [2.05, 4.69) is 30.0 Å². The quantitative estimate of drug-likeness (QED) is 0.808. The van der Waals surface area contributed by atoms with Gasteiger partial charge in [-0.3, -0.25) is 9.58 Å². The van der Waals surface area contributed by atoms with Gasteiger partial charge in [0.05, 0.1) is 5.69 Å². The van der Waals surface area contributed by atoms with Gasteiger partial charge in [-0.2, -0.15) is 5.10 Å². The zero-order chi connectivity index (χ0) is 17.7. The van der Waals surface area contributed by atoms with Gasteiger partial charge in [0.25, 0.3) is 0 Å². The lowest BCUT2D eigenvalue weighted by Crippen LogP contribution is -2.33. The number of rotatable bonds is 8. The SMILES string of the molecule is Cc1ccc(OCC(O)CN(C)Cc2cn(C)nc2C(C)C)cc1. The maximum atomic E-state index is 10.2. The molecule has 1 unspecified atom stereocenters. The van der Waals surface area contributed by atoms with Crippen LogP contribution in [0.15, 0.2) is 30.5 Å². The smallest absolute Gasteiger partial charge is 0.119 e. The van der Waals surface area contributed by atoms with E-state index in [4.69, 9.17) is 4.74 Å². The molecule has 0 amide bonds. The standard InChI is InChI=1S/C19H29N3O2/c1-14(2)19-16(11-22(5)20-19)10-21(4)12-17(23)13-24-18-8-6-15(3)7-9-18/h6-9,11,14,17,23H,10,12-13H2,1-5H3. The van der Waals surface area contributed by atoms with Crippen molar-refractivity contribution in [3.8, 4) is 5.75 Å². The van der Waals surface area contributed by atoms with Crippen molar-refractivity contribution < 1.29 is 9.84 Å². The second-order valence-corrected chi connectivity index (χ2v) is 6.84. The summed E-state index contributed by atoms with van der Waals surface area (Å²) in [6.07, 6.45) is 1.52. The Labute approximate surface area is 144 Å². The van der Waals surface area contributed by atoms with Crippen LogP contribution < -0.4 is 4.74 Å². The van der Waals surface area contributed by atoms with Gasteiger partial charge in [0.2, 0.25) is 0 Å². The predicted octanol–water partition coefficient (Wildman–Crippen LogP) is 2.72. The Bertz CT molecular complexity index is 635. The first-order chi connectivity index (χ1) is 11.3. The van der Waals surface area contributed by atoms with E-state index >= 15 is 0 Å². The molecule has 24 heavy (non-hydrogen) atoms. The van der Waals surface area contributed by atoms with Gasteiger partial charge < -0.3 is 9.84 Å². The molecular weight excluding hydrogens is 302 g/mol. The Morgan fingerprint density at radius 1 is 1.25 bits per heavy atom. The summed E-state index contributed by atoms with van der Waals surface area (Å²) >= 11 is 0. The van der Waals surface area contributed by atoms with Crippen LogP contribution in [0.3, 0.4) is 0 Å². The summed E-state index contributed by atoms with van der Waals surface area (Å²) in [5.74, 6) is 1.18. The van der Waals surface area contributed by atoms with Crippen LogP contribution >= 0.6 is 0 Å². The van der Waals surface area contributed by atoms with Crippen LogP contribution in [0, 0.1) is 6.92 Å². The van der Waals surface area contributed by atoms with E-state index < -0.39 is 6.10 Å². The van der Waals surface area contributed by atoms with Crippen molar-refractivity contribution in [1.29, 1.82) is 0 Å². The van der Waals surface area contributed by atoms with Gasteiger partial charge in [0.1, 0.15) is 18.5 Å². The van der Waals surface area contributed by atoms with Gasteiger partial charge in [0.15, 0.2) is 0 Å². The number of hydrogen-bond acceptors (Lipinski definition) is 4. The second-order valence-electron chi connectivity index (χ2n) is 6.84. The zero-order valence-electron chi connectivity index (χ0n) is 15.4. The minimum absolute atomic E-state index is 0.289. The summed E-state index contributed by atoms with van der Waals surface area (Å²) in [5.41, 5.74) is 3.52. The molecule has 0 bridgehead atoms. The van der Waals surface area contributed by atoms with Crippen molar-refractivity contribution >= 4 is 0 Å². The minimum atomic E-state index is -0.532. The average molecular weight is 331 g/mol. The summed E-state index contributed by atoms with van der Waals surface area (Å²) in [7, 11) is 3.95. The molecule has 1 aromatic carbocycles. The highest BCUT2D eigenvalue weighted by Crippen LogP contribution is 2.18. The third-order valence-electron chi connectivity index (χ3n) is 3.91. The Morgan fingerprint density at radius 2 is 1.92 bits per heavy atom. The average Bonchev–Trinajstić information content (AvgIpc) is 2.87. The molecule has 5 nitrogen and oxygen atoms in total. The molecule has 1 N–H and O–H groups in total. The van der Waals surface area contributed by atoms with E-state index in [1.165, 1.54) is 11.1 Å². The molecule has 0 aliphatic heterocycles. The van der Waals surface area contributed by atoms with Crippen LogP contribution in [0.2, 0.25) is 0 Å².